The minimum atomic E-state index is -0.730. The molecule has 2 heterocycles. The molecule has 2 aromatic carbocycles. The Hall–Kier alpha value is -4.08. The summed E-state index contributed by atoms with van der Waals surface area (Å²) in [5.41, 5.74) is 5.75. The number of H-pyrrole nitrogens is 1. The van der Waals surface area contributed by atoms with Crippen molar-refractivity contribution in [2.24, 2.45) is 5.10 Å². The van der Waals surface area contributed by atoms with Crippen LogP contribution in [0, 0.1) is 17.0 Å². The molecule has 0 aliphatic carbocycles. The third kappa shape index (κ3) is 2.99. The van der Waals surface area contributed by atoms with E-state index in [1.54, 1.807) is 0 Å². The van der Waals surface area contributed by atoms with E-state index >= 15 is 0 Å². The number of rotatable bonds is 4. The Morgan fingerprint density at radius 3 is 2.93 bits per heavy atom. The number of aromatic amines is 1. The molecule has 134 valence electrons. The average molecular weight is 362 g/mol. The fourth-order valence-electron chi connectivity index (χ4n) is 2.71. The van der Waals surface area contributed by atoms with Crippen LogP contribution in [0.4, 0.5) is 11.6 Å². The van der Waals surface area contributed by atoms with Crippen molar-refractivity contribution in [3.8, 4) is 5.75 Å². The molecular formula is C17H12N7O3-. The second-order valence-electron chi connectivity index (χ2n) is 5.81. The van der Waals surface area contributed by atoms with Gasteiger partial charge >= 0.3 is 0 Å². The van der Waals surface area contributed by atoms with Crippen LogP contribution in [-0.2, 0) is 0 Å². The second kappa shape index (κ2) is 6.33. The van der Waals surface area contributed by atoms with Gasteiger partial charge in [-0.1, -0.05) is 30.3 Å². The quantitative estimate of drug-likeness (QED) is 0.321. The minimum absolute atomic E-state index is 0.165. The van der Waals surface area contributed by atoms with E-state index in [1.165, 1.54) is 12.3 Å². The lowest BCUT2D eigenvalue weighted by Gasteiger charge is -2.05. The number of hydrogen-bond acceptors (Lipinski definition) is 8. The second-order valence-corrected chi connectivity index (χ2v) is 5.81. The smallest absolute Gasteiger partial charge is 0.265 e. The van der Waals surface area contributed by atoms with Gasteiger partial charge in [0.25, 0.3) is 11.6 Å². The molecule has 10 nitrogen and oxygen atoms in total. The maximum Gasteiger partial charge on any atom is 0.265 e. The molecular weight excluding hydrogens is 350 g/mol. The summed E-state index contributed by atoms with van der Waals surface area (Å²) in [6, 6.07) is 9.57. The van der Waals surface area contributed by atoms with Crippen molar-refractivity contribution in [3.05, 3.63) is 57.6 Å². The van der Waals surface area contributed by atoms with Crippen LogP contribution in [0.5, 0.6) is 5.75 Å². The molecule has 2 aromatic heterocycles. The zero-order valence-electron chi connectivity index (χ0n) is 14.0. The maximum atomic E-state index is 11.4. The van der Waals surface area contributed by atoms with Gasteiger partial charge in [-0.15, -0.1) is 10.2 Å². The molecule has 2 N–H and O–H groups in total. The van der Waals surface area contributed by atoms with Gasteiger partial charge in [0.05, 0.1) is 16.7 Å². The molecule has 0 aliphatic rings. The predicted molar refractivity (Wildman–Crippen MR) is 97.7 cm³/mol. The van der Waals surface area contributed by atoms with Gasteiger partial charge in [-0.05, 0) is 18.2 Å². The van der Waals surface area contributed by atoms with Crippen molar-refractivity contribution >= 4 is 39.9 Å². The first-order valence-electron chi connectivity index (χ1n) is 7.89. The maximum absolute atomic E-state index is 11.4. The number of nitro benzene ring substituents is 1. The highest BCUT2D eigenvalue weighted by atomic mass is 16.6. The number of nitro groups is 1. The molecule has 4 rings (SSSR count). The Balaban J connectivity index is 1.60. The summed E-state index contributed by atoms with van der Waals surface area (Å²) in [6.45, 7) is 1.99. The van der Waals surface area contributed by atoms with Crippen molar-refractivity contribution in [1.82, 2.24) is 20.2 Å². The lowest BCUT2D eigenvalue weighted by molar-refractivity contribution is -0.398. The van der Waals surface area contributed by atoms with Gasteiger partial charge < -0.3 is 10.1 Å². The number of fused-ring (bicyclic) bond motifs is 3. The molecule has 27 heavy (non-hydrogen) atoms. The Kier molecular flexibility index (Phi) is 3.84. The lowest BCUT2D eigenvalue weighted by Crippen LogP contribution is -2.00. The van der Waals surface area contributed by atoms with Gasteiger partial charge in [0.15, 0.2) is 5.65 Å². The van der Waals surface area contributed by atoms with E-state index in [4.69, 9.17) is 0 Å². The molecule has 0 unspecified atom stereocenters. The summed E-state index contributed by atoms with van der Waals surface area (Å²) in [4.78, 5) is 17.6. The number of aromatic nitrogens is 4. The molecule has 0 saturated heterocycles. The molecule has 0 radical (unpaired) electrons. The van der Waals surface area contributed by atoms with Gasteiger partial charge in [-0.25, -0.2) is 5.43 Å². The largest absolute Gasteiger partial charge is 0.868 e. The van der Waals surface area contributed by atoms with Crippen molar-refractivity contribution in [3.63, 3.8) is 0 Å². The fourth-order valence-corrected chi connectivity index (χ4v) is 2.71. The van der Waals surface area contributed by atoms with E-state index in [1.807, 2.05) is 25.1 Å². The van der Waals surface area contributed by atoms with Crippen molar-refractivity contribution in [1.29, 1.82) is 0 Å². The number of benzene rings is 2. The highest BCUT2D eigenvalue weighted by molar-refractivity contribution is 6.04. The molecule has 10 heteroatoms. The highest BCUT2D eigenvalue weighted by Gasteiger charge is 2.10. The lowest BCUT2D eigenvalue weighted by atomic mass is 10.1. The van der Waals surface area contributed by atoms with Crippen LogP contribution in [0.3, 0.4) is 0 Å². The third-order valence-electron chi connectivity index (χ3n) is 4.02. The summed E-state index contributed by atoms with van der Waals surface area (Å²) in [5.74, 6) is -0.491. The summed E-state index contributed by atoms with van der Waals surface area (Å²) < 4.78 is 0. The summed E-state index contributed by atoms with van der Waals surface area (Å²) in [6.07, 6.45) is 1.33. The first-order chi connectivity index (χ1) is 13.0. The van der Waals surface area contributed by atoms with Crippen molar-refractivity contribution in [2.75, 3.05) is 5.43 Å². The molecule has 0 atom stereocenters. The number of hydrogen-bond donors (Lipinski definition) is 2. The molecule has 0 amide bonds. The van der Waals surface area contributed by atoms with Gasteiger partial charge in [-0.2, -0.15) is 10.1 Å². The SMILES string of the molecule is Cc1cccc2c1[nH]c1nc(N/N=C\c3ccc([O-])c([N+](=O)[O-])c3)nnc12. The van der Waals surface area contributed by atoms with E-state index < -0.39 is 16.4 Å². The molecule has 0 spiro atoms. The Bertz CT molecular complexity index is 1220. The fraction of sp³-hybridized carbons (Fsp3) is 0.0588. The van der Waals surface area contributed by atoms with E-state index in [0.29, 0.717) is 16.7 Å². The number of nitrogens with one attached hydrogen (secondary N) is 2. The Labute approximate surface area is 151 Å². The van der Waals surface area contributed by atoms with Crippen molar-refractivity contribution in [2.45, 2.75) is 6.92 Å². The van der Waals surface area contributed by atoms with E-state index in [2.05, 4.69) is 30.7 Å². The topological polar surface area (TPSA) is 145 Å². The predicted octanol–water partition coefficient (Wildman–Crippen LogP) is 2.24. The summed E-state index contributed by atoms with van der Waals surface area (Å²) in [7, 11) is 0. The van der Waals surface area contributed by atoms with Gasteiger partial charge in [-0.3, -0.25) is 10.1 Å². The minimum Gasteiger partial charge on any atom is -0.868 e. The monoisotopic (exact) mass is 362 g/mol. The third-order valence-corrected chi connectivity index (χ3v) is 4.02. The number of para-hydroxylation sites is 1. The Morgan fingerprint density at radius 1 is 1.26 bits per heavy atom. The standard InChI is InChI=1S/C17H13N7O3/c1-9-3-2-4-11-14(9)19-16-15(11)21-23-17(20-16)22-18-8-10-5-6-13(25)12(7-10)24(26)27/h2-8,25H,1H3,(H2,19,20,22,23)/p-1/b18-8-. The van der Waals surface area contributed by atoms with Gasteiger partial charge in [0.1, 0.15) is 5.52 Å². The van der Waals surface area contributed by atoms with Crippen LogP contribution in [0.2, 0.25) is 0 Å². The number of anilines is 1. The van der Waals surface area contributed by atoms with Gasteiger partial charge in [0, 0.05) is 17.0 Å². The molecule has 4 aromatic rings. The average Bonchev–Trinajstić information content (AvgIpc) is 3.02. The van der Waals surface area contributed by atoms with Crippen LogP contribution in [0.25, 0.3) is 22.1 Å². The van der Waals surface area contributed by atoms with Crippen LogP contribution in [-0.4, -0.2) is 31.3 Å². The molecule has 0 bridgehead atoms. The highest BCUT2D eigenvalue weighted by Crippen LogP contribution is 2.25. The van der Waals surface area contributed by atoms with Crippen LogP contribution < -0.4 is 10.5 Å². The molecule has 0 fully saturated rings. The van der Waals surface area contributed by atoms with Crippen LogP contribution in [0.1, 0.15) is 11.1 Å². The van der Waals surface area contributed by atoms with Gasteiger partial charge in [0.2, 0.25) is 0 Å². The van der Waals surface area contributed by atoms with E-state index in [-0.39, 0.29) is 5.95 Å². The zero-order chi connectivity index (χ0) is 19.0. The first kappa shape index (κ1) is 16.4. The normalized spacial score (nSPS) is 11.4. The summed E-state index contributed by atoms with van der Waals surface area (Å²) >= 11 is 0. The summed E-state index contributed by atoms with van der Waals surface area (Å²) in [5, 5.41) is 35.2. The molecule has 0 saturated carbocycles. The zero-order valence-corrected chi connectivity index (χ0v) is 14.0. The number of nitrogens with zero attached hydrogens (tertiary/aromatic N) is 5. The van der Waals surface area contributed by atoms with Crippen LogP contribution in [0.15, 0.2) is 41.5 Å². The Morgan fingerprint density at radius 2 is 2.11 bits per heavy atom. The molecule has 0 aliphatic heterocycles. The first-order valence-corrected chi connectivity index (χ1v) is 7.89. The van der Waals surface area contributed by atoms with Crippen LogP contribution >= 0.6 is 0 Å². The number of hydrazone groups is 1. The van der Waals surface area contributed by atoms with Crippen molar-refractivity contribution < 1.29 is 10.0 Å². The van der Waals surface area contributed by atoms with E-state index in [0.717, 1.165) is 28.6 Å². The number of aryl methyl sites for hydroxylation is 1. The van der Waals surface area contributed by atoms with E-state index in [9.17, 15) is 15.2 Å².